The Bertz CT molecular complexity index is 797. The van der Waals surface area contributed by atoms with E-state index in [2.05, 4.69) is 36.6 Å². The van der Waals surface area contributed by atoms with Crippen molar-refractivity contribution >= 4 is 5.82 Å². The van der Waals surface area contributed by atoms with Crippen LogP contribution in [0.4, 0.5) is 5.82 Å². The quantitative estimate of drug-likeness (QED) is 0.897. The molecule has 0 radical (unpaired) electrons. The number of rotatable bonds is 3. The minimum Gasteiger partial charge on any atom is -0.365 e. The number of hydrogen-bond donors (Lipinski definition) is 2. The van der Waals surface area contributed by atoms with Gasteiger partial charge in [0.25, 0.3) is 0 Å². The van der Waals surface area contributed by atoms with Crippen LogP contribution in [-0.2, 0) is 0 Å². The molecule has 4 aliphatic rings. The maximum Gasteiger partial charge on any atom is 0.135 e. The highest BCUT2D eigenvalue weighted by atomic mass is 15.3. The molecule has 2 aromatic rings. The van der Waals surface area contributed by atoms with E-state index in [0.717, 1.165) is 41.8 Å². The molecule has 3 saturated heterocycles. The van der Waals surface area contributed by atoms with E-state index in [0.29, 0.717) is 0 Å². The molecule has 2 N–H and O–H groups in total. The van der Waals surface area contributed by atoms with Gasteiger partial charge in [-0.15, -0.1) is 0 Å². The highest BCUT2D eigenvalue weighted by Crippen LogP contribution is 2.41. The fourth-order valence-corrected chi connectivity index (χ4v) is 4.52. The summed E-state index contributed by atoms with van der Waals surface area (Å²) in [7, 11) is 0. The van der Waals surface area contributed by atoms with E-state index in [-0.39, 0.29) is 5.54 Å². The Hall–Kier alpha value is -2.47. The second kappa shape index (κ2) is 5.81. The first-order chi connectivity index (χ1) is 12.3. The highest BCUT2D eigenvalue weighted by Gasteiger charge is 2.48. The Morgan fingerprint density at radius 1 is 1.24 bits per heavy atom. The highest BCUT2D eigenvalue weighted by molar-refractivity contribution is 5.61. The summed E-state index contributed by atoms with van der Waals surface area (Å²) in [6, 6.07) is 5.90. The van der Waals surface area contributed by atoms with Crippen LogP contribution in [0.15, 0.2) is 48.8 Å². The molecule has 128 valence electrons. The molecule has 2 aromatic heterocycles. The molecule has 0 unspecified atom stereocenters. The summed E-state index contributed by atoms with van der Waals surface area (Å²) in [5.74, 6) is 2.67. The number of hydrogen-bond acceptors (Lipinski definition) is 6. The summed E-state index contributed by atoms with van der Waals surface area (Å²) in [6.07, 6.45) is 11.2. The summed E-state index contributed by atoms with van der Waals surface area (Å²) < 4.78 is 0. The molecule has 6 rings (SSSR count). The standard InChI is InChI=1S/C19H22N6/c1-2-14(11-20-7-1)16-10-18(22-13-21-16)23-17-3-6-19(24-17)12-25-8-4-15(19)5-9-25/h1-3,7,10-11,13,15,24H,4-6,8-9,12H2,(H,21,22,23)/t19-/m0/s1. The number of fused-ring (bicyclic) bond motifs is 2. The van der Waals surface area contributed by atoms with E-state index < -0.39 is 0 Å². The lowest BCUT2D eigenvalue weighted by Crippen LogP contribution is -2.64. The molecular formula is C19H22N6. The van der Waals surface area contributed by atoms with Crippen molar-refractivity contribution in [3.05, 3.63) is 48.8 Å². The number of anilines is 1. The number of nitrogens with zero attached hydrogens (tertiary/aromatic N) is 4. The van der Waals surface area contributed by atoms with E-state index in [1.54, 1.807) is 12.5 Å². The summed E-state index contributed by atoms with van der Waals surface area (Å²) in [6.45, 7) is 3.68. The molecular weight excluding hydrogens is 312 g/mol. The Morgan fingerprint density at radius 3 is 2.92 bits per heavy atom. The van der Waals surface area contributed by atoms with Crippen molar-refractivity contribution in [2.45, 2.75) is 24.8 Å². The predicted octanol–water partition coefficient (Wildman–Crippen LogP) is 2.25. The smallest absolute Gasteiger partial charge is 0.135 e. The Morgan fingerprint density at radius 2 is 2.16 bits per heavy atom. The van der Waals surface area contributed by atoms with Crippen LogP contribution < -0.4 is 10.6 Å². The lowest BCUT2D eigenvalue weighted by atomic mass is 9.72. The summed E-state index contributed by atoms with van der Waals surface area (Å²) in [5.41, 5.74) is 2.09. The average Bonchev–Trinajstić information content (AvgIpc) is 3.05. The average molecular weight is 334 g/mol. The molecule has 6 nitrogen and oxygen atoms in total. The van der Waals surface area contributed by atoms with Crippen LogP contribution >= 0.6 is 0 Å². The van der Waals surface area contributed by atoms with Crippen LogP contribution in [0.25, 0.3) is 11.3 Å². The summed E-state index contributed by atoms with van der Waals surface area (Å²) in [4.78, 5) is 15.5. The fourth-order valence-electron chi connectivity index (χ4n) is 4.52. The third-order valence-corrected chi connectivity index (χ3v) is 5.82. The zero-order valence-electron chi connectivity index (χ0n) is 14.2. The Kier molecular flexibility index (Phi) is 3.45. The number of piperidine rings is 3. The maximum absolute atomic E-state index is 4.38. The molecule has 6 heteroatoms. The largest absolute Gasteiger partial charge is 0.365 e. The van der Waals surface area contributed by atoms with Gasteiger partial charge < -0.3 is 15.5 Å². The third-order valence-electron chi connectivity index (χ3n) is 5.82. The molecule has 0 aromatic carbocycles. The minimum absolute atomic E-state index is 0.220. The van der Waals surface area contributed by atoms with Gasteiger partial charge >= 0.3 is 0 Å². The van der Waals surface area contributed by atoms with Gasteiger partial charge in [0.15, 0.2) is 0 Å². The van der Waals surface area contributed by atoms with Crippen molar-refractivity contribution in [2.24, 2.45) is 5.92 Å². The van der Waals surface area contributed by atoms with Crippen LogP contribution in [-0.4, -0.2) is 45.0 Å². The van der Waals surface area contributed by atoms with Crippen LogP contribution in [0.1, 0.15) is 19.3 Å². The van der Waals surface area contributed by atoms with E-state index in [9.17, 15) is 0 Å². The molecule has 1 atom stereocenters. The van der Waals surface area contributed by atoms with Gasteiger partial charge in [0.1, 0.15) is 18.0 Å². The molecule has 2 bridgehead atoms. The normalized spacial score (nSPS) is 30.2. The zero-order chi connectivity index (χ0) is 16.7. The van der Waals surface area contributed by atoms with E-state index in [1.807, 2.05) is 24.4 Å². The molecule has 25 heavy (non-hydrogen) atoms. The molecule has 0 amide bonds. The molecule has 1 spiro atoms. The van der Waals surface area contributed by atoms with E-state index in [4.69, 9.17) is 0 Å². The van der Waals surface area contributed by atoms with Crippen molar-refractivity contribution in [3.63, 3.8) is 0 Å². The number of pyridine rings is 1. The minimum atomic E-state index is 0.220. The van der Waals surface area contributed by atoms with Crippen LogP contribution in [0.2, 0.25) is 0 Å². The summed E-state index contributed by atoms with van der Waals surface area (Å²) in [5, 5.41) is 7.22. The SMILES string of the molecule is C1=C(Nc2cc(-c3cccnc3)ncn2)N[C@@]2(C1)CN1CCC2CC1. The fraction of sp³-hybridized carbons (Fsp3) is 0.421. The Labute approximate surface area is 147 Å². The molecule has 4 aliphatic heterocycles. The van der Waals surface area contributed by atoms with Crippen molar-refractivity contribution in [1.82, 2.24) is 25.2 Å². The molecule has 0 aliphatic carbocycles. The second-order valence-electron chi connectivity index (χ2n) is 7.31. The van der Waals surface area contributed by atoms with Crippen LogP contribution in [0.5, 0.6) is 0 Å². The van der Waals surface area contributed by atoms with E-state index in [1.165, 1.54) is 25.9 Å². The van der Waals surface area contributed by atoms with Crippen molar-refractivity contribution in [3.8, 4) is 11.3 Å². The first kappa shape index (κ1) is 14.8. The number of aromatic nitrogens is 3. The molecule has 3 fully saturated rings. The van der Waals surface area contributed by atoms with Gasteiger partial charge in [0.2, 0.25) is 0 Å². The Balaban J connectivity index is 1.32. The van der Waals surface area contributed by atoms with Gasteiger partial charge in [-0.3, -0.25) is 4.98 Å². The van der Waals surface area contributed by atoms with Crippen molar-refractivity contribution in [1.29, 1.82) is 0 Å². The van der Waals surface area contributed by atoms with Gasteiger partial charge in [-0.1, -0.05) is 0 Å². The van der Waals surface area contributed by atoms with Gasteiger partial charge in [0, 0.05) is 30.6 Å². The first-order valence-corrected chi connectivity index (χ1v) is 9.01. The van der Waals surface area contributed by atoms with Crippen LogP contribution in [0, 0.1) is 5.92 Å². The molecule has 6 heterocycles. The van der Waals surface area contributed by atoms with Gasteiger partial charge in [0.05, 0.1) is 11.2 Å². The lowest BCUT2D eigenvalue weighted by molar-refractivity contribution is 0.0189. The third kappa shape index (κ3) is 2.66. The van der Waals surface area contributed by atoms with Gasteiger partial charge in [-0.05, 0) is 56.5 Å². The summed E-state index contributed by atoms with van der Waals surface area (Å²) >= 11 is 0. The topological polar surface area (TPSA) is 66.0 Å². The monoisotopic (exact) mass is 334 g/mol. The first-order valence-electron chi connectivity index (χ1n) is 9.01. The van der Waals surface area contributed by atoms with Gasteiger partial charge in [-0.25, -0.2) is 9.97 Å². The van der Waals surface area contributed by atoms with E-state index >= 15 is 0 Å². The van der Waals surface area contributed by atoms with Gasteiger partial charge in [-0.2, -0.15) is 0 Å². The number of nitrogens with one attached hydrogen (secondary N) is 2. The van der Waals surface area contributed by atoms with Crippen LogP contribution in [0.3, 0.4) is 0 Å². The predicted molar refractivity (Wildman–Crippen MR) is 96.6 cm³/mol. The maximum atomic E-state index is 4.38. The van der Waals surface area contributed by atoms with Crippen molar-refractivity contribution in [2.75, 3.05) is 25.0 Å². The zero-order valence-corrected chi connectivity index (χ0v) is 14.2. The van der Waals surface area contributed by atoms with Crippen molar-refractivity contribution < 1.29 is 0 Å². The molecule has 0 saturated carbocycles. The second-order valence-corrected chi connectivity index (χ2v) is 7.31. The lowest BCUT2D eigenvalue weighted by Gasteiger charge is -2.52.